The van der Waals surface area contributed by atoms with Crippen LogP contribution in [-0.4, -0.2) is 90.7 Å². The molecular weight excluding hydrogens is 520 g/mol. The van der Waals surface area contributed by atoms with Crippen LogP contribution in [0.4, 0.5) is 4.79 Å². The van der Waals surface area contributed by atoms with Crippen LogP contribution in [0, 0.1) is 0 Å². The van der Waals surface area contributed by atoms with Gasteiger partial charge in [-0.1, -0.05) is 18.2 Å². The number of para-hydroxylation sites is 1. The highest BCUT2D eigenvalue weighted by molar-refractivity contribution is 7.91. The normalized spacial score (nSPS) is 26.2. The number of piperidine rings is 1. The van der Waals surface area contributed by atoms with Crippen molar-refractivity contribution in [2.75, 3.05) is 31.7 Å². The lowest BCUT2D eigenvalue weighted by Crippen LogP contribution is -2.53. The molecule has 3 unspecified atom stereocenters. The summed E-state index contributed by atoms with van der Waals surface area (Å²) in [7, 11) is -1.80. The highest BCUT2D eigenvalue weighted by atomic mass is 32.2. The Labute approximate surface area is 229 Å². The van der Waals surface area contributed by atoms with Gasteiger partial charge in [0.15, 0.2) is 9.84 Å². The van der Waals surface area contributed by atoms with Crippen molar-refractivity contribution in [2.24, 2.45) is 0 Å². The van der Waals surface area contributed by atoms with E-state index in [1.807, 2.05) is 38.1 Å². The molecule has 2 aromatic rings. The number of aromatic nitrogens is 1. The standard InChI is InChI=1S/C28H38N4O6S/c1-18(2)32-25-7-5-4-6-19(25)14-24(27(32)34)26(33)29-20-15-21-8-9-22(16-20)30(21)11-12-31(28(35)38-3)23-10-13-39(36,37)17-23/h4-7,14,18,20-23H,8-13,15-17H2,1-3H3,(H,29,33). The molecule has 1 aromatic carbocycles. The Kier molecular flexibility index (Phi) is 7.74. The van der Waals surface area contributed by atoms with Crippen molar-refractivity contribution in [3.63, 3.8) is 0 Å². The number of amides is 2. The van der Waals surface area contributed by atoms with Crippen molar-refractivity contribution in [1.29, 1.82) is 0 Å². The van der Waals surface area contributed by atoms with Gasteiger partial charge in [0.25, 0.3) is 11.5 Å². The molecule has 3 aliphatic rings. The first kappa shape index (κ1) is 27.6. The molecule has 11 heteroatoms. The molecule has 39 heavy (non-hydrogen) atoms. The minimum atomic E-state index is -3.13. The molecule has 3 aliphatic heterocycles. The summed E-state index contributed by atoms with van der Waals surface area (Å²) in [4.78, 5) is 43.1. The number of carbonyl (C=O) groups excluding carboxylic acids is 2. The van der Waals surface area contributed by atoms with E-state index in [1.54, 1.807) is 15.5 Å². The van der Waals surface area contributed by atoms with Crippen LogP contribution in [0.1, 0.15) is 62.4 Å². The summed E-state index contributed by atoms with van der Waals surface area (Å²) < 4.78 is 30.6. The highest BCUT2D eigenvalue weighted by Crippen LogP contribution is 2.36. The molecule has 0 saturated carbocycles. The molecular formula is C28H38N4O6S. The maximum absolute atomic E-state index is 13.3. The Bertz CT molecular complexity index is 1410. The number of ether oxygens (including phenoxy) is 1. The highest BCUT2D eigenvalue weighted by Gasteiger charge is 2.42. The zero-order valence-electron chi connectivity index (χ0n) is 22.8. The largest absolute Gasteiger partial charge is 0.453 e. The summed E-state index contributed by atoms with van der Waals surface area (Å²) in [5.74, 6) is -0.255. The van der Waals surface area contributed by atoms with Gasteiger partial charge in [-0.3, -0.25) is 14.5 Å². The van der Waals surface area contributed by atoms with Gasteiger partial charge >= 0.3 is 6.09 Å². The topological polar surface area (TPSA) is 118 Å². The lowest BCUT2D eigenvalue weighted by molar-refractivity contribution is 0.0718. The molecule has 1 N–H and O–H groups in total. The second-order valence-electron chi connectivity index (χ2n) is 11.4. The van der Waals surface area contributed by atoms with Crippen LogP contribution in [0.25, 0.3) is 10.9 Å². The SMILES string of the molecule is COC(=O)N(CCN1C2CCC1CC(NC(=O)c1cc3ccccc3n(C(C)C)c1=O)C2)C1CCS(=O)(=O)C1. The smallest absolute Gasteiger partial charge is 0.409 e. The molecule has 5 rings (SSSR count). The van der Waals surface area contributed by atoms with Crippen LogP contribution in [0.15, 0.2) is 35.1 Å². The van der Waals surface area contributed by atoms with E-state index >= 15 is 0 Å². The van der Waals surface area contributed by atoms with Crippen molar-refractivity contribution >= 4 is 32.7 Å². The third kappa shape index (κ3) is 5.56. The number of fused-ring (bicyclic) bond motifs is 3. The zero-order chi connectivity index (χ0) is 27.9. The average Bonchev–Trinajstić information content (AvgIpc) is 3.37. The first-order valence-corrected chi connectivity index (χ1v) is 15.7. The predicted octanol–water partition coefficient (Wildman–Crippen LogP) is 2.56. The van der Waals surface area contributed by atoms with E-state index in [0.29, 0.717) is 19.5 Å². The Morgan fingerprint density at radius 2 is 1.82 bits per heavy atom. The third-order valence-electron chi connectivity index (χ3n) is 8.58. The van der Waals surface area contributed by atoms with Gasteiger partial charge in [0.2, 0.25) is 0 Å². The summed E-state index contributed by atoms with van der Waals surface area (Å²) in [5.41, 5.74) is 0.701. The fourth-order valence-electron chi connectivity index (χ4n) is 6.77. The number of nitrogens with one attached hydrogen (secondary N) is 1. The number of hydrogen-bond acceptors (Lipinski definition) is 7. The molecule has 3 fully saturated rings. The van der Waals surface area contributed by atoms with Crippen LogP contribution in [-0.2, 0) is 14.6 Å². The van der Waals surface area contributed by atoms with Crippen molar-refractivity contribution in [1.82, 2.24) is 19.7 Å². The fraction of sp³-hybridized carbons (Fsp3) is 0.607. The number of hydrogen-bond donors (Lipinski definition) is 1. The molecule has 0 aliphatic carbocycles. The number of rotatable bonds is 7. The minimum Gasteiger partial charge on any atom is -0.453 e. The van der Waals surface area contributed by atoms with Gasteiger partial charge in [0, 0.05) is 37.3 Å². The van der Waals surface area contributed by atoms with Crippen LogP contribution >= 0.6 is 0 Å². The maximum atomic E-state index is 13.3. The first-order valence-electron chi connectivity index (χ1n) is 13.8. The van der Waals surface area contributed by atoms with Crippen molar-refractivity contribution in [2.45, 2.75) is 76.2 Å². The van der Waals surface area contributed by atoms with Gasteiger partial charge in [-0.15, -0.1) is 0 Å². The summed E-state index contributed by atoms with van der Waals surface area (Å²) in [6.07, 6.45) is 3.49. The Balaban J connectivity index is 1.25. The number of benzene rings is 1. The molecule has 212 valence electrons. The van der Waals surface area contributed by atoms with Gasteiger partial charge in [-0.2, -0.15) is 0 Å². The molecule has 10 nitrogen and oxygen atoms in total. The van der Waals surface area contributed by atoms with E-state index in [-0.39, 0.29) is 58.7 Å². The minimum absolute atomic E-state index is 0.0175. The van der Waals surface area contributed by atoms with Crippen molar-refractivity contribution < 1.29 is 22.7 Å². The van der Waals surface area contributed by atoms with Crippen LogP contribution < -0.4 is 10.9 Å². The number of pyridine rings is 1. The number of sulfone groups is 1. The molecule has 0 radical (unpaired) electrons. The van der Waals surface area contributed by atoms with Gasteiger partial charge in [-0.05, 0) is 63.5 Å². The van der Waals surface area contributed by atoms with Crippen LogP contribution in [0.3, 0.4) is 0 Å². The monoisotopic (exact) mass is 558 g/mol. The average molecular weight is 559 g/mol. The first-order chi connectivity index (χ1) is 18.6. The number of methoxy groups -OCH3 is 1. The van der Waals surface area contributed by atoms with Crippen molar-refractivity contribution in [3.8, 4) is 0 Å². The van der Waals surface area contributed by atoms with E-state index in [1.165, 1.54) is 7.11 Å². The maximum Gasteiger partial charge on any atom is 0.409 e. The molecule has 2 amide bonds. The van der Waals surface area contributed by atoms with E-state index in [9.17, 15) is 22.8 Å². The lowest BCUT2D eigenvalue weighted by Gasteiger charge is -2.40. The van der Waals surface area contributed by atoms with Gasteiger partial charge in [0.05, 0.1) is 30.2 Å². The van der Waals surface area contributed by atoms with Gasteiger partial charge in [-0.25, -0.2) is 13.2 Å². The van der Waals surface area contributed by atoms with E-state index in [0.717, 1.165) is 36.6 Å². The zero-order valence-corrected chi connectivity index (χ0v) is 23.7. The van der Waals surface area contributed by atoms with Crippen LogP contribution in [0.5, 0.6) is 0 Å². The predicted molar refractivity (Wildman–Crippen MR) is 149 cm³/mol. The molecule has 3 saturated heterocycles. The molecule has 2 bridgehead atoms. The molecule has 1 aromatic heterocycles. The number of carbonyl (C=O) groups is 2. The quantitative estimate of drug-likeness (QED) is 0.555. The van der Waals surface area contributed by atoms with Crippen LogP contribution in [0.2, 0.25) is 0 Å². The summed E-state index contributed by atoms with van der Waals surface area (Å²) in [5, 5.41) is 4.00. The lowest BCUT2D eigenvalue weighted by atomic mass is 9.96. The summed E-state index contributed by atoms with van der Waals surface area (Å²) in [6.45, 7) is 4.92. The summed E-state index contributed by atoms with van der Waals surface area (Å²) >= 11 is 0. The van der Waals surface area contributed by atoms with E-state index in [4.69, 9.17) is 4.74 Å². The van der Waals surface area contributed by atoms with E-state index < -0.39 is 15.9 Å². The molecule has 0 spiro atoms. The Morgan fingerprint density at radius 1 is 1.13 bits per heavy atom. The fourth-order valence-corrected chi connectivity index (χ4v) is 8.50. The summed E-state index contributed by atoms with van der Waals surface area (Å²) in [6, 6.07) is 9.34. The Hall–Kier alpha value is -2.92. The van der Waals surface area contributed by atoms with Gasteiger partial charge < -0.3 is 19.5 Å². The van der Waals surface area contributed by atoms with Crippen molar-refractivity contribution in [3.05, 3.63) is 46.2 Å². The molecule has 4 heterocycles. The Morgan fingerprint density at radius 3 is 2.44 bits per heavy atom. The third-order valence-corrected chi connectivity index (χ3v) is 10.3. The van der Waals surface area contributed by atoms with Gasteiger partial charge in [0.1, 0.15) is 5.56 Å². The second-order valence-corrected chi connectivity index (χ2v) is 13.6. The molecule has 3 atom stereocenters. The second kappa shape index (κ2) is 10.9. The van der Waals surface area contributed by atoms with E-state index in [2.05, 4.69) is 10.2 Å². The number of nitrogens with zero attached hydrogens (tertiary/aromatic N) is 3.